The van der Waals surface area contributed by atoms with Gasteiger partial charge in [0.25, 0.3) is 0 Å². The normalized spacial score (nSPS) is 11.1. The molecule has 14 heavy (non-hydrogen) atoms. The van der Waals surface area contributed by atoms with Crippen molar-refractivity contribution in [3.05, 3.63) is 29.8 Å². The first kappa shape index (κ1) is 10.8. The molecule has 0 fully saturated rings. The van der Waals surface area contributed by atoms with E-state index < -0.39 is 0 Å². The third-order valence-corrected chi connectivity index (χ3v) is 1.99. The summed E-state index contributed by atoms with van der Waals surface area (Å²) < 4.78 is 5.08. The van der Waals surface area contributed by atoms with Crippen molar-refractivity contribution in [2.24, 2.45) is 4.99 Å². The van der Waals surface area contributed by atoms with Crippen molar-refractivity contribution < 1.29 is 4.74 Å². The summed E-state index contributed by atoms with van der Waals surface area (Å²) in [7, 11) is 0. The summed E-state index contributed by atoms with van der Waals surface area (Å²) in [6.45, 7) is 6.93. The van der Waals surface area contributed by atoms with Crippen LogP contribution in [0.15, 0.2) is 29.3 Å². The maximum atomic E-state index is 5.08. The van der Waals surface area contributed by atoms with Gasteiger partial charge >= 0.3 is 0 Å². The highest BCUT2D eigenvalue weighted by molar-refractivity contribution is 5.59. The lowest BCUT2D eigenvalue weighted by Crippen LogP contribution is -1.89. The number of benzene rings is 1. The Bertz CT molecular complexity index is 305. The molecule has 76 valence electrons. The summed E-state index contributed by atoms with van der Waals surface area (Å²) in [6.07, 6.45) is 1.52. The topological polar surface area (TPSA) is 21.6 Å². The van der Waals surface area contributed by atoms with E-state index in [-0.39, 0.29) is 0 Å². The van der Waals surface area contributed by atoms with Crippen molar-refractivity contribution in [3.63, 3.8) is 0 Å². The average molecular weight is 191 g/mol. The minimum Gasteiger partial charge on any atom is -0.483 e. The molecule has 2 nitrogen and oxygen atoms in total. The largest absolute Gasteiger partial charge is 0.483 e. The Morgan fingerprint density at radius 2 is 2.07 bits per heavy atom. The highest BCUT2D eigenvalue weighted by Crippen LogP contribution is 2.25. The Labute approximate surface area is 85.6 Å². The van der Waals surface area contributed by atoms with Crippen molar-refractivity contribution in [3.8, 4) is 0 Å². The van der Waals surface area contributed by atoms with Crippen LogP contribution < -0.4 is 0 Å². The van der Waals surface area contributed by atoms with E-state index in [1.807, 2.05) is 25.1 Å². The number of para-hydroxylation sites is 1. The highest BCUT2D eigenvalue weighted by atomic mass is 16.5. The zero-order valence-corrected chi connectivity index (χ0v) is 9.03. The van der Waals surface area contributed by atoms with Gasteiger partial charge in [0, 0.05) is 0 Å². The van der Waals surface area contributed by atoms with Gasteiger partial charge < -0.3 is 4.74 Å². The van der Waals surface area contributed by atoms with Crippen LogP contribution in [0.2, 0.25) is 0 Å². The molecule has 1 rings (SSSR count). The van der Waals surface area contributed by atoms with E-state index in [4.69, 9.17) is 4.74 Å². The second-order valence-electron chi connectivity index (χ2n) is 3.40. The smallest absolute Gasteiger partial charge is 0.174 e. The van der Waals surface area contributed by atoms with Gasteiger partial charge in [0.05, 0.1) is 12.3 Å². The molecule has 0 amide bonds. The lowest BCUT2D eigenvalue weighted by molar-refractivity contribution is 0.344. The fourth-order valence-electron chi connectivity index (χ4n) is 1.26. The van der Waals surface area contributed by atoms with Crippen LogP contribution in [0.5, 0.6) is 0 Å². The molecular formula is C12H17NO. The Kier molecular flexibility index (Phi) is 4.17. The van der Waals surface area contributed by atoms with E-state index in [0.29, 0.717) is 12.5 Å². The quantitative estimate of drug-likeness (QED) is 0.527. The maximum absolute atomic E-state index is 5.08. The fourth-order valence-corrected chi connectivity index (χ4v) is 1.26. The van der Waals surface area contributed by atoms with E-state index in [9.17, 15) is 0 Å². The van der Waals surface area contributed by atoms with Gasteiger partial charge in [-0.05, 0) is 24.5 Å². The Hall–Kier alpha value is -1.31. The summed E-state index contributed by atoms with van der Waals surface area (Å²) in [5, 5.41) is 0. The molecule has 0 saturated heterocycles. The molecule has 0 radical (unpaired) electrons. The van der Waals surface area contributed by atoms with Gasteiger partial charge in [-0.1, -0.05) is 32.0 Å². The van der Waals surface area contributed by atoms with Gasteiger partial charge in [0.1, 0.15) is 0 Å². The molecule has 1 aromatic carbocycles. The molecule has 0 heterocycles. The molecule has 0 aromatic heterocycles. The lowest BCUT2D eigenvalue weighted by atomic mass is 10.0. The van der Waals surface area contributed by atoms with E-state index in [0.717, 1.165) is 5.69 Å². The van der Waals surface area contributed by atoms with Crippen molar-refractivity contribution in [2.45, 2.75) is 26.7 Å². The number of aliphatic imine (C=N–C) groups is 1. The third kappa shape index (κ3) is 2.87. The Balaban J connectivity index is 2.84. The van der Waals surface area contributed by atoms with Gasteiger partial charge in [-0.3, -0.25) is 0 Å². The summed E-state index contributed by atoms with van der Waals surface area (Å²) >= 11 is 0. The van der Waals surface area contributed by atoms with Crippen LogP contribution in [0.3, 0.4) is 0 Å². The molecular weight excluding hydrogens is 174 g/mol. The molecule has 0 spiro atoms. The summed E-state index contributed by atoms with van der Waals surface area (Å²) in [4.78, 5) is 4.27. The number of hydrogen-bond acceptors (Lipinski definition) is 2. The molecule has 0 N–H and O–H groups in total. The SMILES string of the molecule is CCOC=Nc1ccccc1C(C)C. The first-order valence-corrected chi connectivity index (χ1v) is 4.98. The summed E-state index contributed by atoms with van der Waals surface area (Å²) in [5.74, 6) is 0.491. The van der Waals surface area contributed by atoms with Crippen molar-refractivity contribution in [2.75, 3.05) is 6.61 Å². The third-order valence-electron chi connectivity index (χ3n) is 1.99. The van der Waals surface area contributed by atoms with Crippen LogP contribution in [-0.4, -0.2) is 13.0 Å². The van der Waals surface area contributed by atoms with Crippen LogP contribution in [-0.2, 0) is 4.74 Å². The van der Waals surface area contributed by atoms with Gasteiger partial charge in [0.2, 0.25) is 0 Å². The first-order chi connectivity index (χ1) is 6.75. The van der Waals surface area contributed by atoms with Crippen LogP contribution in [0.1, 0.15) is 32.3 Å². The average Bonchev–Trinajstić information content (AvgIpc) is 2.19. The number of hydrogen-bond donors (Lipinski definition) is 0. The van der Waals surface area contributed by atoms with Crippen LogP contribution in [0.25, 0.3) is 0 Å². The first-order valence-electron chi connectivity index (χ1n) is 4.98. The molecule has 0 aliphatic heterocycles. The molecule has 0 saturated carbocycles. The molecule has 0 bridgehead atoms. The fraction of sp³-hybridized carbons (Fsp3) is 0.417. The van der Waals surface area contributed by atoms with Gasteiger partial charge in [-0.15, -0.1) is 0 Å². The number of ether oxygens (including phenoxy) is 1. The number of nitrogens with zero attached hydrogens (tertiary/aromatic N) is 1. The van der Waals surface area contributed by atoms with Crippen LogP contribution in [0.4, 0.5) is 5.69 Å². The molecule has 2 heteroatoms. The van der Waals surface area contributed by atoms with Crippen LogP contribution in [0, 0.1) is 0 Å². The van der Waals surface area contributed by atoms with E-state index in [1.54, 1.807) is 0 Å². The summed E-state index contributed by atoms with van der Waals surface area (Å²) in [5.41, 5.74) is 2.25. The molecule has 0 atom stereocenters. The van der Waals surface area contributed by atoms with E-state index in [1.165, 1.54) is 12.0 Å². The predicted octanol–water partition coefficient (Wildman–Crippen LogP) is 3.51. The van der Waals surface area contributed by atoms with Crippen molar-refractivity contribution in [1.82, 2.24) is 0 Å². The Morgan fingerprint density at radius 3 is 2.71 bits per heavy atom. The van der Waals surface area contributed by atoms with Gasteiger partial charge in [-0.2, -0.15) is 0 Å². The lowest BCUT2D eigenvalue weighted by Gasteiger charge is -2.07. The second kappa shape index (κ2) is 5.43. The van der Waals surface area contributed by atoms with Crippen molar-refractivity contribution in [1.29, 1.82) is 0 Å². The molecule has 0 unspecified atom stereocenters. The minimum atomic E-state index is 0.491. The van der Waals surface area contributed by atoms with E-state index in [2.05, 4.69) is 24.9 Å². The minimum absolute atomic E-state index is 0.491. The molecule has 0 aliphatic rings. The standard InChI is InChI=1S/C12H17NO/c1-4-14-9-13-12-8-6-5-7-11(12)10(2)3/h5-10H,4H2,1-3H3. The van der Waals surface area contributed by atoms with Gasteiger partial charge in [-0.25, -0.2) is 4.99 Å². The molecule has 0 aliphatic carbocycles. The Morgan fingerprint density at radius 1 is 1.36 bits per heavy atom. The van der Waals surface area contributed by atoms with Crippen molar-refractivity contribution >= 4 is 12.1 Å². The second-order valence-corrected chi connectivity index (χ2v) is 3.40. The summed E-state index contributed by atoms with van der Waals surface area (Å²) in [6, 6.07) is 8.13. The zero-order valence-electron chi connectivity index (χ0n) is 9.03. The van der Waals surface area contributed by atoms with Gasteiger partial charge in [0.15, 0.2) is 6.40 Å². The predicted molar refractivity (Wildman–Crippen MR) is 60.3 cm³/mol. The number of rotatable bonds is 4. The zero-order chi connectivity index (χ0) is 10.4. The van der Waals surface area contributed by atoms with Crippen LogP contribution >= 0.6 is 0 Å². The maximum Gasteiger partial charge on any atom is 0.174 e. The monoisotopic (exact) mass is 191 g/mol. The molecule has 1 aromatic rings. The highest BCUT2D eigenvalue weighted by Gasteiger charge is 2.03. The van der Waals surface area contributed by atoms with E-state index >= 15 is 0 Å².